The zero-order chi connectivity index (χ0) is 8.97. The van der Waals surface area contributed by atoms with Crippen LogP contribution in [0.5, 0.6) is 0 Å². The van der Waals surface area contributed by atoms with Crippen LogP contribution in [0, 0.1) is 0 Å². The maximum absolute atomic E-state index is 5.63. The lowest BCUT2D eigenvalue weighted by Gasteiger charge is -2.16. The Labute approximate surface area is 74.6 Å². The van der Waals surface area contributed by atoms with Crippen LogP contribution in [0.2, 0.25) is 0 Å². The molecule has 1 heterocycles. The fraction of sp³-hybridized carbons (Fsp3) is 0.889. The number of rotatable bonds is 3. The summed E-state index contributed by atoms with van der Waals surface area (Å²) >= 11 is 0. The molecule has 12 heavy (non-hydrogen) atoms. The molecule has 0 amide bonds. The van der Waals surface area contributed by atoms with Gasteiger partial charge in [-0.05, 0) is 26.4 Å². The lowest BCUT2D eigenvalue weighted by molar-refractivity contribution is 0.317. The van der Waals surface area contributed by atoms with E-state index in [1.165, 1.54) is 19.4 Å². The average Bonchev–Trinajstić information content (AvgIpc) is 2.47. The van der Waals surface area contributed by atoms with Crippen LogP contribution >= 0.6 is 0 Å². The van der Waals surface area contributed by atoms with Crippen LogP contribution in [0.25, 0.3) is 0 Å². The Morgan fingerprint density at radius 1 is 1.67 bits per heavy atom. The summed E-state index contributed by atoms with van der Waals surface area (Å²) in [6.45, 7) is 4.14. The first-order valence-electron chi connectivity index (χ1n) is 4.73. The molecule has 1 atom stereocenters. The summed E-state index contributed by atoms with van der Waals surface area (Å²) in [6, 6.07) is 0.634. The van der Waals surface area contributed by atoms with Crippen molar-refractivity contribution in [1.82, 2.24) is 4.90 Å². The molecule has 0 aliphatic carbocycles. The first kappa shape index (κ1) is 9.52. The van der Waals surface area contributed by atoms with Gasteiger partial charge in [-0.2, -0.15) is 0 Å². The van der Waals surface area contributed by atoms with Gasteiger partial charge >= 0.3 is 0 Å². The summed E-state index contributed by atoms with van der Waals surface area (Å²) in [4.78, 5) is 6.70. The topological polar surface area (TPSA) is 41.6 Å². The third-order valence-corrected chi connectivity index (χ3v) is 2.54. The fourth-order valence-electron chi connectivity index (χ4n) is 1.54. The highest BCUT2D eigenvalue weighted by Crippen LogP contribution is 2.14. The highest BCUT2D eigenvalue weighted by Gasteiger charge is 2.19. The Kier molecular flexibility index (Phi) is 3.53. The molecular formula is C9H19N3. The Morgan fingerprint density at radius 2 is 2.42 bits per heavy atom. The molecule has 1 saturated heterocycles. The number of likely N-dealkylation sites (tertiary alicyclic amines) is 1. The molecule has 1 rings (SSSR count). The molecule has 0 aromatic heterocycles. The van der Waals surface area contributed by atoms with Crippen molar-refractivity contribution in [1.29, 1.82) is 0 Å². The molecule has 0 spiro atoms. The van der Waals surface area contributed by atoms with Crippen molar-refractivity contribution in [2.45, 2.75) is 32.2 Å². The van der Waals surface area contributed by atoms with E-state index in [1.54, 1.807) is 0 Å². The highest BCUT2D eigenvalue weighted by molar-refractivity contribution is 5.79. The summed E-state index contributed by atoms with van der Waals surface area (Å²) in [5.74, 6) is 0.787. The average molecular weight is 169 g/mol. The van der Waals surface area contributed by atoms with Crippen LogP contribution in [-0.2, 0) is 0 Å². The minimum atomic E-state index is 0.634. The van der Waals surface area contributed by atoms with E-state index in [1.807, 2.05) is 6.92 Å². The lowest BCUT2D eigenvalue weighted by atomic mass is 10.2. The number of nitrogens with zero attached hydrogens (tertiary/aromatic N) is 2. The van der Waals surface area contributed by atoms with Gasteiger partial charge in [-0.15, -0.1) is 0 Å². The van der Waals surface area contributed by atoms with Gasteiger partial charge in [0.05, 0.1) is 12.4 Å². The molecule has 1 fully saturated rings. The van der Waals surface area contributed by atoms with Crippen molar-refractivity contribution in [3.63, 3.8) is 0 Å². The molecule has 0 bridgehead atoms. The van der Waals surface area contributed by atoms with E-state index >= 15 is 0 Å². The second kappa shape index (κ2) is 4.45. The first-order chi connectivity index (χ1) is 5.74. The van der Waals surface area contributed by atoms with Crippen molar-refractivity contribution in [2.75, 3.05) is 20.1 Å². The largest absolute Gasteiger partial charge is 0.387 e. The number of amidine groups is 1. The molecule has 0 aromatic rings. The van der Waals surface area contributed by atoms with Gasteiger partial charge in [0.15, 0.2) is 0 Å². The molecule has 70 valence electrons. The molecule has 0 radical (unpaired) electrons. The SMILES string of the molecule is CCC(N)=NCC1CCCN1C. The minimum absolute atomic E-state index is 0.634. The number of hydrogen-bond donors (Lipinski definition) is 1. The number of likely N-dealkylation sites (N-methyl/N-ethyl adjacent to an activating group) is 1. The summed E-state index contributed by atoms with van der Waals surface area (Å²) in [5.41, 5.74) is 5.63. The predicted molar refractivity (Wildman–Crippen MR) is 52.4 cm³/mol. The third-order valence-electron chi connectivity index (χ3n) is 2.54. The minimum Gasteiger partial charge on any atom is -0.387 e. The van der Waals surface area contributed by atoms with E-state index < -0.39 is 0 Å². The second-order valence-electron chi connectivity index (χ2n) is 3.46. The summed E-state index contributed by atoms with van der Waals surface area (Å²) in [7, 11) is 2.16. The van der Waals surface area contributed by atoms with E-state index in [9.17, 15) is 0 Å². The number of aliphatic imine (C=N–C) groups is 1. The molecule has 0 saturated carbocycles. The van der Waals surface area contributed by atoms with Gasteiger partial charge in [-0.1, -0.05) is 6.92 Å². The normalized spacial score (nSPS) is 26.5. The number of nitrogens with two attached hydrogens (primary N) is 1. The van der Waals surface area contributed by atoms with E-state index in [4.69, 9.17) is 5.73 Å². The van der Waals surface area contributed by atoms with Crippen molar-refractivity contribution in [3.05, 3.63) is 0 Å². The molecule has 2 N–H and O–H groups in total. The summed E-state index contributed by atoms with van der Waals surface area (Å²) in [6.07, 6.45) is 3.45. The Bertz CT molecular complexity index is 165. The third kappa shape index (κ3) is 2.48. The van der Waals surface area contributed by atoms with Crippen molar-refractivity contribution in [2.24, 2.45) is 10.7 Å². The van der Waals surface area contributed by atoms with E-state index in [0.29, 0.717) is 6.04 Å². The van der Waals surface area contributed by atoms with Crippen LogP contribution in [0.4, 0.5) is 0 Å². The van der Waals surface area contributed by atoms with Gasteiger partial charge in [0.1, 0.15) is 0 Å². The van der Waals surface area contributed by atoms with Crippen LogP contribution in [0.15, 0.2) is 4.99 Å². The van der Waals surface area contributed by atoms with Gasteiger partial charge in [0.2, 0.25) is 0 Å². The molecule has 1 aliphatic rings. The molecule has 3 heteroatoms. The standard InChI is InChI=1S/C9H19N3/c1-3-9(10)11-7-8-5-4-6-12(8)2/h8H,3-7H2,1-2H3,(H2,10,11). The monoisotopic (exact) mass is 169 g/mol. The Morgan fingerprint density at radius 3 is 2.92 bits per heavy atom. The zero-order valence-electron chi connectivity index (χ0n) is 8.08. The van der Waals surface area contributed by atoms with E-state index in [-0.39, 0.29) is 0 Å². The molecule has 0 aromatic carbocycles. The quantitative estimate of drug-likeness (QED) is 0.502. The lowest BCUT2D eigenvalue weighted by Crippen LogP contribution is -2.28. The molecule has 1 unspecified atom stereocenters. The van der Waals surface area contributed by atoms with Crippen LogP contribution in [0.3, 0.4) is 0 Å². The Hall–Kier alpha value is -0.570. The molecule has 1 aliphatic heterocycles. The zero-order valence-corrected chi connectivity index (χ0v) is 8.08. The number of hydrogen-bond acceptors (Lipinski definition) is 2. The second-order valence-corrected chi connectivity index (χ2v) is 3.46. The smallest absolute Gasteiger partial charge is 0.0934 e. The Balaban J connectivity index is 2.31. The highest BCUT2D eigenvalue weighted by atomic mass is 15.2. The van der Waals surface area contributed by atoms with Gasteiger partial charge in [0, 0.05) is 12.5 Å². The van der Waals surface area contributed by atoms with Crippen molar-refractivity contribution < 1.29 is 0 Å². The van der Waals surface area contributed by atoms with Crippen molar-refractivity contribution in [3.8, 4) is 0 Å². The van der Waals surface area contributed by atoms with Gasteiger partial charge in [-0.3, -0.25) is 4.99 Å². The summed E-state index contributed by atoms with van der Waals surface area (Å²) < 4.78 is 0. The van der Waals surface area contributed by atoms with Crippen LogP contribution in [-0.4, -0.2) is 36.9 Å². The predicted octanol–water partition coefficient (Wildman–Crippen LogP) is 0.848. The maximum Gasteiger partial charge on any atom is 0.0934 e. The van der Waals surface area contributed by atoms with Crippen LogP contribution in [0.1, 0.15) is 26.2 Å². The molecular weight excluding hydrogens is 150 g/mol. The maximum atomic E-state index is 5.63. The van der Waals surface area contributed by atoms with Gasteiger partial charge in [-0.25, -0.2) is 0 Å². The summed E-state index contributed by atoms with van der Waals surface area (Å²) in [5, 5.41) is 0. The van der Waals surface area contributed by atoms with E-state index in [2.05, 4.69) is 16.9 Å². The van der Waals surface area contributed by atoms with Crippen LogP contribution < -0.4 is 5.73 Å². The van der Waals surface area contributed by atoms with Gasteiger partial charge in [0.25, 0.3) is 0 Å². The van der Waals surface area contributed by atoms with E-state index in [0.717, 1.165) is 18.8 Å². The molecule has 3 nitrogen and oxygen atoms in total. The van der Waals surface area contributed by atoms with Gasteiger partial charge < -0.3 is 10.6 Å². The first-order valence-corrected chi connectivity index (χ1v) is 4.73. The fourth-order valence-corrected chi connectivity index (χ4v) is 1.54. The van der Waals surface area contributed by atoms with Crippen molar-refractivity contribution >= 4 is 5.84 Å².